The van der Waals surface area contributed by atoms with Crippen LogP contribution in [-0.2, 0) is 21.4 Å². The van der Waals surface area contributed by atoms with E-state index in [1.165, 1.54) is 6.07 Å². The number of nitrogens with one attached hydrogen (secondary N) is 1. The van der Waals surface area contributed by atoms with Gasteiger partial charge in [0.2, 0.25) is 5.91 Å². The Labute approximate surface area is 150 Å². The van der Waals surface area contributed by atoms with Crippen molar-refractivity contribution in [3.05, 3.63) is 72.0 Å². The second-order valence-electron chi connectivity index (χ2n) is 6.01. The molecular formula is C19H15FN2O3S. The van der Waals surface area contributed by atoms with Gasteiger partial charge in [-0.25, -0.2) is 12.8 Å². The molecule has 3 aromatic carbocycles. The first-order valence-corrected chi connectivity index (χ1v) is 9.47. The number of hydrogen-bond acceptors (Lipinski definition) is 3. The number of rotatable bonds is 4. The lowest BCUT2D eigenvalue weighted by atomic mass is 10.1. The van der Waals surface area contributed by atoms with E-state index < -0.39 is 21.7 Å². The van der Waals surface area contributed by atoms with Crippen molar-refractivity contribution in [2.24, 2.45) is 0 Å². The monoisotopic (exact) mass is 370 g/mol. The summed E-state index contributed by atoms with van der Waals surface area (Å²) in [6.45, 7) is -0.360. The molecule has 5 nitrogen and oxygen atoms in total. The van der Waals surface area contributed by atoms with Crippen molar-refractivity contribution in [3.63, 3.8) is 0 Å². The Kier molecular flexibility index (Phi) is 3.88. The number of anilines is 1. The number of halogens is 1. The molecule has 3 aromatic rings. The van der Waals surface area contributed by atoms with Gasteiger partial charge in [-0.2, -0.15) is 0 Å². The van der Waals surface area contributed by atoms with Crippen LogP contribution in [0, 0.1) is 5.82 Å². The maximum Gasteiger partial charge on any atom is 0.265 e. The molecule has 26 heavy (non-hydrogen) atoms. The van der Waals surface area contributed by atoms with Crippen LogP contribution < -0.4 is 9.62 Å². The Morgan fingerprint density at radius 1 is 1.00 bits per heavy atom. The van der Waals surface area contributed by atoms with E-state index in [2.05, 4.69) is 5.32 Å². The Morgan fingerprint density at radius 2 is 1.73 bits per heavy atom. The lowest BCUT2D eigenvalue weighted by molar-refractivity contribution is -0.119. The van der Waals surface area contributed by atoms with Crippen molar-refractivity contribution in [2.75, 3.05) is 10.8 Å². The van der Waals surface area contributed by atoms with Crippen LogP contribution in [0.3, 0.4) is 0 Å². The highest BCUT2D eigenvalue weighted by Gasteiger charge is 2.36. The van der Waals surface area contributed by atoms with E-state index in [1.807, 2.05) is 12.1 Å². The number of carbonyl (C=O) groups is 1. The highest BCUT2D eigenvalue weighted by atomic mass is 32.2. The zero-order valence-electron chi connectivity index (χ0n) is 13.6. The van der Waals surface area contributed by atoms with E-state index >= 15 is 0 Å². The Bertz CT molecular complexity index is 1120. The van der Waals surface area contributed by atoms with Crippen LogP contribution >= 0.6 is 0 Å². The number of amides is 1. The predicted molar refractivity (Wildman–Crippen MR) is 96.7 cm³/mol. The minimum atomic E-state index is -3.79. The summed E-state index contributed by atoms with van der Waals surface area (Å²) in [4.78, 5) is 12.5. The molecule has 0 radical (unpaired) electrons. The summed E-state index contributed by atoms with van der Waals surface area (Å²) in [7, 11) is -3.79. The van der Waals surface area contributed by atoms with Crippen molar-refractivity contribution in [2.45, 2.75) is 11.4 Å². The maximum absolute atomic E-state index is 13.6. The topological polar surface area (TPSA) is 66.5 Å². The van der Waals surface area contributed by atoms with E-state index in [0.717, 1.165) is 9.69 Å². The quantitative estimate of drug-likeness (QED) is 0.768. The molecule has 0 unspecified atom stereocenters. The molecule has 0 saturated heterocycles. The van der Waals surface area contributed by atoms with Gasteiger partial charge < -0.3 is 5.32 Å². The van der Waals surface area contributed by atoms with Crippen LogP contribution in [0.25, 0.3) is 10.8 Å². The third-order valence-corrected chi connectivity index (χ3v) is 6.20. The van der Waals surface area contributed by atoms with Crippen molar-refractivity contribution < 1.29 is 17.6 Å². The average molecular weight is 370 g/mol. The fraction of sp³-hybridized carbons (Fsp3) is 0.105. The number of nitrogens with zero attached hydrogens (tertiary/aromatic N) is 1. The highest BCUT2D eigenvalue weighted by molar-refractivity contribution is 7.93. The van der Waals surface area contributed by atoms with Crippen molar-refractivity contribution in [3.8, 4) is 0 Å². The van der Waals surface area contributed by atoms with Crippen molar-refractivity contribution >= 4 is 32.4 Å². The van der Waals surface area contributed by atoms with Crippen LogP contribution in [0.1, 0.15) is 5.56 Å². The lowest BCUT2D eigenvalue weighted by Crippen LogP contribution is -2.38. The van der Waals surface area contributed by atoms with Crippen molar-refractivity contribution in [1.82, 2.24) is 5.32 Å². The third kappa shape index (κ3) is 2.61. The van der Waals surface area contributed by atoms with E-state index in [-0.39, 0.29) is 18.0 Å². The summed E-state index contributed by atoms with van der Waals surface area (Å²) in [5.74, 6) is -0.916. The molecule has 0 bridgehead atoms. The molecule has 0 fully saturated rings. The second kappa shape index (κ2) is 6.10. The first kappa shape index (κ1) is 16.5. The van der Waals surface area contributed by atoms with Gasteiger partial charge in [0.05, 0.1) is 10.6 Å². The van der Waals surface area contributed by atoms with Gasteiger partial charge in [0.15, 0.2) is 0 Å². The number of sulfonamides is 1. The first-order valence-electron chi connectivity index (χ1n) is 8.03. The fourth-order valence-electron chi connectivity index (χ4n) is 3.15. The summed E-state index contributed by atoms with van der Waals surface area (Å²) in [6, 6.07) is 16.4. The van der Waals surface area contributed by atoms with Crippen LogP contribution in [-0.4, -0.2) is 20.9 Å². The van der Waals surface area contributed by atoms with Crippen LogP contribution in [0.5, 0.6) is 0 Å². The fourth-order valence-corrected chi connectivity index (χ4v) is 4.82. The van der Waals surface area contributed by atoms with E-state index in [4.69, 9.17) is 0 Å². The molecule has 132 valence electrons. The van der Waals surface area contributed by atoms with Crippen molar-refractivity contribution in [1.29, 1.82) is 0 Å². The average Bonchev–Trinajstić information content (AvgIpc) is 2.85. The molecule has 1 N–H and O–H groups in total. The first-order chi connectivity index (χ1) is 12.5. The van der Waals surface area contributed by atoms with Gasteiger partial charge in [0.25, 0.3) is 10.0 Å². The summed E-state index contributed by atoms with van der Waals surface area (Å²) in [5, 5.41) is 4.00. The smallest absolute Gasteiger partial charge is 0.265 e. The van der Waals surface area contributed by atoms with Crippen LogP contribution in [0.2, 0.25) is 0 Å². The summed E-state index contributed by atoms with van der Waals surface area (Å²) in [6.07, 6.45) is 0. The van der Waals surface area contributed by atoms with Gasteiger partial charge in [0.1, 0.15) is 12.4 Å². The molecule has 4 rings (SSSR count). The van der Waals surface area contributed by atoms with Gasteiger partial charge in [-0.3, -0.25) is 9.10 Å². The standard InChI is InChI=1S/C19H15FN2O3S/c20-15-8-2-1-5-14(15)11-21-18(23)12-22-16-9-3-6-13-7-4-10-17(19(13)16)26(22,24)25/h1-10H,11-12H2,(H,21,23). The zero-order valence-corrected chi connectivity index (χ0v) is 14.5. The molecule has 0 saturated carbocycles. The van der Waals surface area contributed by atoms with E-state index in [1.54, 1.807) is 42.5 Å². The van der Waals surface area contributed by atoms with Gasteiger partial charge >= 0.3 is 0 Å². The van der Waals surface area contributed by atoms with Gasteiger partial charge in [-0.05, 0) is 23.6 Å². The molecule has 0 atom stereocenters. The van der Waals surface area contributed by atoms with Gasteiger partial charge in [0, 0.05) is 17.5 Å². The third-order valence-electron chi connectivity index (χ3n) is 4.40. The molecule has 1 aliphatic rings. The zero-order chi connectivity index (χ0) is 18.3. The lowest BCUT2D eigenvalue weighted by Gasteiger charge is -2.18. The number of benzene rings is 3. The Hall–Kier alpha value is -2.93. The molecule has 1 heterocycles. The molecule has 0 spiro atoms. The molecule has 1 aliphatic heterocycles. The van der Waals surface area contributed by atoms with Crippen LogP contribution in [0.15, 0.2) is 65.6 Å². The van der Waals surface area contributed by atoms with Gasteiger partial charge in [-0.15, -0.1) is 0 Å². The normalized spacial score (nSPS) is 14.6. The summed E-state index contributed by atoms with van der Waals surface area (Å²) >= 11 is 0. The molecular weight excluding hydrogens is 355 g/mol. The molecule has 1 amide bonds. The van der Waals surface area contributed by atoms with Crippen LogP contribution in [0.4, 0.5) is 10.1 Å². The molecule has 0 aliphatic carbocycles. The number of carbonyl (C=O) groups excluding carboxylic acids is 1. The summed E-state index contributed by atoms with van der Waals surface area (Å²) < 4.78 is 40.4. The minimum absolute atomic E-state index is 0.00343. The number of hydrogen-bond donors (Lipinski definition) is 1. The predicted octanol–water partition coefficient (Wildman–Crippen LogP) is 2.80. The maximum atomic E-state index is 13.6. The molecule has 7 heteroatoms. The SMILES string of the molecule is O=C(CN1c2cccc3cccc(c23)S1(=O)=O)NCc1ccccc1F. The highest BCUT2D eigenvalue weighted by Crippen LogP contribution is 2.41. The Balaban J connectivity index is 1.58. The summed E-state index contributed by atoms with van der Waals surface area (Å²) in [5.41, 5.74) is 0.828. The van der Waals surface area contributed by atoms with Gasteiger partial charge in [-0.1, -0.05) is 42.5 Å². The Morgan fingerprint density at radius 3 is 2.50 bits per heavy atom. The second-order valence-corrected chi connectivity index (χ2v) is 7.84. The van der Waals surface area contributed by atoms with E-state index in [9.17, 15) is 17.6 Å². The largest absolute Gasteiger partial charge is 0.350 e. The van der Waals surface area contributed by atoms with E-state index in [0.29, 0.717) is 16.6 Å². The minimum Gasteiger partial charge on any atom is -0.350 e. The molecule has 0 aromatic heterocycles.